The highest BCUT2D eigenvalue weighted by Gasteiger charge is 2.28. The summed E-state index contributed by atoms with van der Waals surface area (Å²) in [6.07, 6.45) is 4.42. The van der Waals surface area contributed by atoms with Gasteiger partial charge in [0.25, 0.3) is 5.91 Å². The van der Waals surface area contributed by atoms with Crippen molar-refractivity contribution in [1.29, 1.82) is 0 Å². The van der Waals surface area contributed by atoms with Crippen LogP contribution in [0.2, 0.25) is 0 Å². The second kappa shape index (κ2) is 12.0. The summed E-state index contributed by atoms with van der Waals surface area (Å²) in [5.41, 5.74) is 8.66. The first-order valence-corrected chi connectivity index (χ1v) is 12.5. The number of rotatable bonds is 11. The molecule has 2 aromatic rings. The van der Waals surface area contributed by atoms with Gasteiger partial charge in [-0.2, -0.15) is 4.98 Å². The molecule has 0 radical (unpaired) electrons. The monoisotopic (exact) mass is 485 g/mol. The molecule has 3 rings (SSSR count). The van der Waals surface area contributed by atoms with Gasteiger partial charge in [-0.15, -0.1) is 5.10 Å². The highest BCUT2D eigenvalue weighted by molar-refractivity contribution is 5.90. The molecule has 10 nitrogen and oxygen atoms in total. The third-order valence-electron chi connectivity index (χ3n) is 6.71. The van der Waals surface area contributed by atoms with Gasteiger partial charge in [-0.25, -0.2) is 0 Å². The van der Waals surface area contributed by atoms with Gasteiger partial charge >= 0.3 is 5.97 Å². The molecule has 10 heteroatoms. The number of aliphatic carboxylic acids is 1. The zero-order chi connectivity index (χ0) is 25.5. The van der Waals surface area contributed by atoms with Crippen LogP contribution >= 0.6 is 0 Å². The average molecular weight is 486 g/mol. The van der Waals surface area contributed by atoms with Crippen molar-refractivity contribution in [3.63, 3.8) is 0 Å². The number of H-pyrrole nitrogens is 1. The van der Waals surface area contributed by atoms with Crippen molar-refractivity contribution < 1.29 is 14.7 Å². The van der Waals surface area contributed by atoms with E-state index in [-0.39, 0.29) is 30.0 Å². The lowest BCUT2D eigenvalue weighted by Gasteiger charge is -2.40. The lowest BCUT2D eigenvalue weighted by atomic mass is 9.84. The number of carboxylic acid groups (broad SMARTS) is 1. The Labute approximate surface area is 207 Å². The number of anilines is 3. The molecular weight excluding hydrogens is 446 g/mol. The van der Waals surface area contributed by atoms with E-state index in [1.54, 1.807) is 0 Å². The Kier molecular flexibility index (Phi) is 9.08. The minimum absolute atomic E-state index is 0.0407. The number of carboxylic acids is 1. The number of hydrogen-bond acceptors (Lipinski definition) is 7. The highest BCUT2D eigenvalue weighted by Crippen LogP contribution is 2.37. The van der Waals surface area contributed by atoms with Crippen LogP contribution in [-0.4, -0.2) is 58.3 Å². The van der Waals surface area contributed by atoms with Crippen molar-refractivity contribution in [3.05, 3.63) is 29.6 Å². The Balaban J connectivity index is 1.98. The summed E-state index contributed by atoms with van der Waals surface area (Å²) in [5.74, 6) is 0.0834. The van der Waals surface area contributed by atoms with Gasteiger partial charge in [-0.05, 0) is 67.7 Å². The van der Waals surface area contributed by atoms with Crippen LogP contribution in [0.15, 0.2) is 18.2 Å². The van der Waals surface area contributed by atoms with Crippen molar-refractivity contribution in [2.75, 3.05) is 30.4 Å². The van der Waals surface area contributed by atoms with Crippen LogP contribution in [0.4, 0.5) is 17.3 Å². The molecular formula is C25H39N7O3. The van der Waals surface area contributed by atoms with Crippen LogP contribution in [0.1, 0.15) is 75.0 Å². The Morgan fingerprint density at radius 1 is 1.23 bits per heavy atom. The van der Waals surface area contributed by atoms with E-state index in [0.717, 1.165) is 55.7 Å². The zero-order valence-corrected chi connectivity index (χ0v) is 21.2. The Hall–Kier alpha value is -3.14. The Morgan fingerprint density at radius 2 is 1.94 bits per heavy atom. The first-order chi connectivity index (χ1) is 16.7. The highest BCUT2D eigenvalue weighted by atomic mass is 16.4. The molecule has 1 aromatic heterocycles. The van der Waals surface area contributed by atoms with Crippen LogP contribution in [0.3, 0.4) is 0 Å². The number of carbonyl (C=O) groups excluding carboxylic acids is 1. The summed E-state index contributed by atoms with van der Waals surface area (Å²) in [6, 6.07) is 6.45. The number of amides is 1. The molecule has 1 amide bonds. The molecule has 1 saturated carbocycles. The van der Waals surface area contributed by atoms with E-state index in [2.05, 4.69) is 50.6 Å². The number of nitrogens with one attached hydrogen (secondary N) is 3. The third-order valence-corrected chi connectivity index (χ3v) is 6.71. The largest absolute Gasteiger partial charge is 0.481 e. The summed E-state index contributed by atoms with van der Waals surface area (Å²) >= 11 is 0. The number of aromatic amines is 1. The molecule has 0 bridgehead atoms. The lowest BCUT2D eigenvalue weighted by Crippen LogP contribution is -2.41. The predicted molar refractivity (Wildman–Crippen MR) is 137 cm³/mol. The quantitative estimate of drug-likeness (QED) is 0.325. The normalized spacial score (nSPS) is 18.8. The predicted octanol–water partition coefficient (Wildman–Crippen LogP) is 3.47. The fraction of sp³-hybridized carbons (Fsp3) is 0.600. The van der Waals surface area contributed by atoms with E-state index in [9.17, 15) is 14.7 Å². The van der Waals surface area contributed by atoms with Crippen LogP contribution in [0.25, 0.3) is 0 Å². The van der Waals surface area contributed by atoms with Crippen molar-refractivity contribution in [1.82, 2.24) is 20.5 Å². The molecule has 0 aliphatic heterocycles. The van der Waals surface area contributed by atoms with Gasteiger partial charge in [-0.1, -0.05) is 26.8 Å². The average Bonchev–Trinajstić information content (AvgIpc) is 3.30. The van der Waals surface area contributed by atoms with Crippen LogP contribution in [-0.2, 0) is 4.79 Å². The summed E-state index contributed by atoms with van der Waals surface area (Å²) < 4.78 is 0. The van der Waals surface area contributed by atoms with Crippen molar-refractivity contribution in [2.45, 2.75) is 64.8 Å². The molecule has 1 aliphatic carbocycles. The summed E-state index contributed by atoms with van der Waals surface area (Å²) in [5, 5.41) is 21.9. The number of benzene rings is 1. The van der Waals surface area contributed by atoms with E-state index in [4.69, 9.17) is 5.73 Å². The maximum atomic E-state index is 11.9. The van der Waals surface area contributed by atoms with E-state index in [1.165, 1.54) is 7.05 Å². The minimum Gasteiger partial charge on any atom is -0.481 e. The summed E-state index contributed by atoms with van der Waals surface area (Å²) in [4.78, 5) is 30.0. The maximum absolute atomic E-state index is 11.9. The lowest BCUT2D eigenvalue weighted by molar-refractivity contribution is -0.137. The number of aromatic nitrogens is 3. The first-order valence-electron chi connectivity index (χ1n) is 12.5. The molecule has 1 fully saturated rings. The second-order valence-corrected chi connectivity index (χ2v) is 9.94. The van der Waals surface area contributed by atoms with E-state index < -0.39 is 5.97 Å². The number of nitrogens with two attached hydrogens (primary N) is 1. The fourth-order valence-corrected chi connectivity index (χ4v) is 4.78. The topological polar surface area (TPSA) is 149 Å². The molecule has 1 heterocycles. The molecule has 0 unspecified atom stereocenters. The van der Waals surface area contributed by atoms with E-state index in [1.807, 2.05) is 19.1 Å². The van der Waals surface area contributed by atoms with Crippen LogP contribution in [0.5, 0.6) is 0 Å². The van der Waals surface area contributed by atoms with Gasteiger partial charge in [0.1, 0.15) is 0 Å². The molecule has 192 valence electrons. The number of carbonyl (C=O) groups is 2. The maximum Gasteiger partial charge on any atom is 0.303 e. The summed E-state index contributed by atoms with van der Waals surface area (Å²) in [6.45, 7) is 7.94. The van der Waals surface area contributed by atoms with Crippen molar-refractivity contribution >= 4 is 29.2 Å². The Bertz CT molecular complexity index is 999. The van der Waals surface area contributed by atoms with Gasteiger partial charge in [-0.3, -0.25) is 14.7 Å². The Morgan fingerprint density at radius 3 is 2.54 bits per heavy atom. The van der Waals surface area contributed by atoms with Gasteiger partial charge in [0.15, 0.2) is 0 Å². The smallest absolute Gasteiger partial charge is 0.303 e. The van der Waals surface area contributed by atoms with Crippen molar-refractivity contribution in [2.24, 2.45) is 17.6 Å². The SMILES string of the molecule is CNC(=O)c1nc(Nc2cc([C@H](C)CC(=O)O)ccc2N(CC(C)C)[C@H]2CC[C@@H](CN)CC2)n[nH]1. The molecule has 35 heavy (non-hydrogen) atoms. The zero-order valence-electron chi connectivity index (χ0n) is 21.2. The first kappa shape index (κ1) is 26.5. The number of hydrogen-bond donors (Lipinski definition) is 5. The van der Waals surface area contributed by atoms with E-state index >= 15 is 0 Å². The van der Waals surface area contributed by atoms with E-state index in [0.29, 0.717) is 17.9 Å². The van der Waals surface area contributed by atoms with Gasteiger partial charge in [0, 0.05) is 19.6 Å². The van der Waals surface area contributed by atoms with Crippen molar-refractivity contribution in [3.8, 4) is 0 Å². The fourth-order valence-electron chi connectivity index (χ4n) is 4.78. The molecule has 1 atom stereocenters. The minimum atomic E-state index is -0.835. The standard InChI is InChI=1S/C25H39N7O3/c1-15(2)14-32(19-8-5-17(13-26)6-9-19)21-10-7-18(16(3)11-22(33)34)12-20(21)28-25-29-23(30-31-25)24(35)27-4/h7,10,12,15-17,19H,5-6,8-9,11,13-14,26H2,1-4H3,(H,27,35)(H,33,34)(H2,28,29,30,31)/t16-,17-,19+/m1/s1. The second-order valence-electron chi connectivity index (χ2n) is 9.94. The molecule has 1 aliphatic rings. The third kappa shape index (κ3) is 6.94. The molecule has 6 N–H and O–H groups in total. The number of nitrogens with zero attached hydrogens (tertiary/aromatic N) is 3. The van der Waals surface area contributed by atoms with Crippen LogP contribution in [0, 0.1) is 11.8 Å². The van der Waals surface area contributed by atoms with Crippen LogP contribution < -0.4 is 21.3 Å². The summed E-state index contributed by atoms with van der Waals surface area (Å²) in [7, 11) is 1.53. The van der Waals surface area contributed by atoms with Gasteiger partial charge < -0.3 is 26.4 Å². The molecule has 0 spiro atoms. The van der Waals surface area contributed by atoms with Gasteiger partial charge in [0.2, 0.25) is 11.8 Å². The molecule has 0 saturated heterocycles. The molecule has 1 aromatic carbocycles. The van der Waals surface area contributed by atoms with Gasteiger partial charge in [0.05, 0.1) is 17.8 Å².